The van der Waals surface area contributed by atoms with Crippen molar-refractivity contribution in [1.29, 1.82) is 0 Å². The predicted molar refractivity (Wildman–Crippen MR) is 69.3 cm³/mol. The van der Waals surface area contributed by atoms with E-state index in [1.807, 2.05) is 12.3 Å². The molecule has 1 aromatic rings. The highest BCUT2D eigenvalue weighted by Crippen LogP contribution is 2.14. The Hall–Kier alpha value is -0.450. The molecule has 1 rings (SSSR count). The SMILES string of the molecule is CCCC(OC)C(N)Cc1cncc(Br)c1. The molecule has 0 aliphatic carbocycles. The standard InChI is InChI=1S/C12H19BrN2O/c1-3-4-12(16-2)11(14)6-9-5-10(13)8-15-7-9/h5,7-8,11-12H,3-4,6,14H2,1-2H3. The Kier molecular flexibility index (Phi) is 5.95. The van der Waals surface area contributed by atoms with E-state index in [9.17, 15) is 0 Å². The summed E-state index contributed by atoms with van der Waals surface area (Å²) in [7, 11) is 1.72. The van der Waals surface area contributed by atoms with Gasteiger partial charge in [-0.25, -0.2) is 0 Å². The Morgan fingerprint density at radius 3 is 2.81 bits per heavy atom. The zero-order valence-electron chi connectivity index (χ0n) is 9.82. The van der Waals surface area contributed by atoms with Crippen molar-refractivity contribution in [3.8, 4) is 0 Å². The van der Waals surface area contributed by atoms with E-state index in [1.165, 1.54) is 0 Å². The molecule has 2 N–H and O–H groups in total. The van der Waals surface area contributed by atoms with Crippen LogP contribution in [0.2, 0.25) is 0 Å². The zero-order chi connectivity index (χ0) is 12.0. The van der Waals surface area contributed by atoms with E-state index in [-0.39, 0.29) is 12.1 Å². The highest BCUT2D eigenvalue weighted by Gasteiger charge is 2.16. The summed E-state index contributed by atoms with van der Waals surface area (Å²) in [6.45, 7) is 2.14. The van der Waals surface area contributed by atoms with E-state index >= 15 is 0 Å². The van der Waals surface area contributed by atoms with Crippen LogP contribution in [0.5, 0.6) is 0 Å². The van der Waals surface area contributed by atoms with Crippen LogP contribution in [-0.2, 0) is 11.2 Å². The number of aromatic nitrogens is 1. The van der Waals surface area contributed by atoms with Crippen LogP contribution in [0.25, 0.3) is 0 Å². The van der Waals surface area contributed by atoms with Crippen molar-refractivity contribution < 1.29 is 4.74 Å². The molecule has 3 nitrogen and oxygen atoms in total. The van der Waals surface area contributed by atoms with E-state index in [0.717, 1.165) is 29.3 Å². The van der Waals surface area contributed by atoms with Gasteiger partial charge in [0.1, 0.15) is 0 Å². The van der Waals surface area contributed by atoms with Gasteiger partial charge in [0.25, 0.3) is 0 Å². The summed E-state index contributed by atoms with van der Waals surface area (Å²) in [6.07, 6.45) is 6.63. The summed E-state index contributed by atoms with van der Waals surface area (Å²) in [5, 5.41) is 0. The molecule has 90 valence electrons. The van der Waals surface area contributed by atoms with Crippen molar-refractivity contribution in [2.45, 2.75) is 38.3 Å². The van der Waals surface area contributed by atoms with Gasteiger partial charge < -0.3 is 10.5 Å². The number of ether oxygens (including phenoxy) is 1. The van der Waals surface area contributed by atoms with Crippen LogP contribution >= 0.6 is 15.9 Å². The third-order valence-electron chi connectivity index (χ3n) is 2.59. The average Bonchev–Trinajstić information content (AvgIpc) is 2.25. The van der Waals surface area contributed by atoms with E-state index in [4.69, 9.17) is 10.5 Å². The third-order valence-corrected chi connectivity index (χ3v) is 3.02. The van der Waals surface area contributed by atoms with Crippen LogP contribution in [0.3, 0.4) is 0 Å². The fourth-order valence-electron chi connectivity index (χ4n) is 1.76. The molecule has 16 heavy (non-hydrogen) atoms. The van der Waals surface area contributed by atoms with Gasteiger partial charge in [0, 0.05) is 30.0 Å². The second-order valence-electron chi connectivity index (χ2n) is 3.94. The molecule has 0 aromatic carbocycles. The number of methoxy groups -OCH3 is 1. The lowest BCUT2D eigenvalue weighted by atomic mass is 10.0. The summed E-state index contributed by atoms with van der Waals surface area (Å²) in [5.41, 5.74) is 7.27. The molecule has 0 radical (unpaired) electrons. The lowest BCUT2D eigenvalue weighted by Gasteiger charge is -2.22. The van der Waals surface area contributed by atoms with Crippen LogP contribution in [0.15, 0.2) is 22.9 Å². The molecule has 2 unspecified atom stereocenters. The van der Waals surface area contributed by atoms with Crippen LogP contribution in [0, 0.1) is 0 Å². The van der Waals surface area contributed by atoms with Crippen LogP contribution in [0.1, 0.15) is 25.3 Å². The second-order valence-corrected chi connectivity index (χ2v) is 4.86. The first-order valence-corrected chi connectivity index (χ1v) is 6.34. The normalized spacial score (nSPS) is 14.8. The molecule has 0 saturated carbocycles. The summed E-state index contributed by atoms with van der Waals surface area (Å²) in [6, 6.07) is 2.08. The molecule has 1 aromatic heterocycles. The molecular formula is C12H19BrN2O. The first kappa shape index (κ1) is 13.6. The van der Waals surface area contributed by atoms with Gasteiger partial charge >= 0.3 is 0 Å². The van der Waals surface area contributed by atoms with Crippen molar-refractivity contribution in [3.63, 3.8) is 0 Å². The Morgan fingerprint density at radius 1 is 1.50 bits per heavy atom. The first-order chi connectivity index (χ1) is 7.67. The molecule has 1 heterocycles. The molecule has 0 bridgehead atoms. The van der Waals surface area contributed by atoms with E-state index < -0.39 is 0 Å². The van der Waals surface area contributed by atoms with Crippen molar-refractivity contribution in [2.24, 2.45) is 5.73 Å². The maximum absolute atomic E-state index is 6.13. The van der Waals surface area contributed by atoms with Gasteiger partial charge in [-0.2, -0.15) is 0 Å². The van der Waals surface area contributed by atoms with E-state index in [2.05, 4.69) is 27.8 Å². The summed E-state index contributed by atoms with van der Waals surface area (Å²) in [4.78, 5) is 4.13. The average molecular weight is 287 g/mol. The lowest BCUT2D eigenvalue weighted by Crippen LogP contribution is -2.37. The minimum Gasteiger partial charge on any atom is -0.380 e. The number of halogens is 1. The zero-order valence-corrected chi connectivity index (χ0v) is 11.4. The number of rotatable bonds is 6. The number of hydrogen-bond acceptors (Lipinski definition) is 3. The van der Waals surface area contributed by atoms with Crippen molar-refractivity contribution >= 4 is 15.9 Å². The number of nitrogens with zero attached hydrogens (tertiary/aromatic N) is 1. The minimum absolute atomic E-state index is 0.0287. The number of nitrogens with two attached hydrogens (primary N) is 1. The highest BCUT2D eigenvalue weighted by molar-refractivity contribution is 9.10. The van der Waals surface area contributed by atoms with Crippen molar-refractivity contribution in [2.75, 3.05) is 7.11 Å². The highest BCUT2D eigenvalue weighted by atomic mass is 79.9. The summed E-state index contributed by atoms with van der Waals surface area (Å²) in [5.74, 6) is 0. The Bertz CT molecular complexity index is 320. The first-order valence-electron chi connectivity index (χ1n) is 5.55. The number of pyridine rings is 1. The van der Waals surface area contributed by atoms with Gasteiger partial charge in [0.05, 0.1) is 6.10 Å². The monoisotopic (exact) mass is 286 g/mol. The molecule has 0 aliphatic rings. The summed E-state index contributed by atoms with van der Waals surface area (Å²) < 4.78 is 6.39. The van der Waals surface area contributed by atoms with E-state index in [1.54, 1.807) is 13.3 Å². The maximum Gasteiger partial charge on any atom is 0.0725 e. The maximum atomic E-state index is 6.13. The van der Waals surface area contributed by atoms with Gasteiger partial charge in [0.2, 0.25) is 0 Å². The number of hydrogen-bond donors (Lipinski definition) is 1. The van der Waals surface area contributed by atoms with Gasteiger partial charge in [0.15, 0.2) is 0 Å². The van der Waals surface area contributed by atoms with Gasteiger partial charge in [-0.1, -0.05) is 13.3 Å². The predicted octanol–water partition coefficient (Wildman–Crippen LogP) is 2.53. The van der Waals surface area contributed by atoms with Gasteiger partial charge in [-0.05, 0) is 40.4 Å². The topological polar surface area (TPSA) is 48.1 Å². The Labute approximate surface area is 106 Å². The molecule has 0 saturated heterocycles. The molecular weight excluding hydrogens is 268 g/mol. The Morgan fingerprint density at radius 2 is 2.25 bits per heavy atom. The second kappa shape index (κ2) is 6.99. The molecule has 0 spiro atoms. The smallest absolute Gasteiger partial charge is 0.0725 e. The van der Waals surface area contributed by atoms with Crippen LogP contribution < -0.4 is 5.73 Å². The fourth-order valence-corrected chi connectivity index (χ4v) is 2.17. The minimum atomic E-state index is 0.0287. The Balaban J connectivity index is 2.58. The molecule has 0 aliphatic heterocycles. The molecule has 0 fully saturated rings. The molecule has 2 atom stereocenters. The van der Waals surface area contributed by atoms with Crippen molar-refractivity contribution in [3.05, 3.63) is 28.5 Å². The lowest BCUT2D eigenvalue weighted by molar-refractivity contribution is 0.0726. The van der Waals surface area contributed by atoms with Crippen molar-refractivity contribution in [1.82, 2.24) is 4.98 Å². The van der Waals surface area contributed by atoms with E-state index in [0.29, 0.717) is 0 Å². The third kappa shape index (κ3) is 4.20. The van der Waals surface area contributed by atoms with Crippen LogP contribution in [-0.4, -0.2) is 24.2 Å². The van der Waals surface area contributed by atoms with Crippen LogP contribution in [0.4, 0.5) is 0 Å². The molecule has 4 heteroatoms. The fraction of sp³-hybridized carbons (Fsp3) is 0.583. The molecule has 0 amide bonds. The summed E-state index contributed by atoms with van der Waals surface area (Å²) >= 11 is 3.40. The van der Waals surface area contributed by atoms with Gasteiger partial charge in [-0.15, -0.1) is 0 Å². The largest absolute Gasteiger partial charge is 0.380 e. The quantitative estimate of drug-likeness (QED) is 0.874. The van der Waals surface area contributed by atoms with Gasteiger partial charge in [-0.3, -0.25) is 4.98 Å².